The smallest absolute Gasteiger partial charge is 0.163 e. The maximum absolute atomic E-state index is 9.79. The zero-order valence-electron chi connectivity index (χ0n) is 10.1. The van der Waals surface area contributed by atoms with Crippen molar-refractivity contribution >= 4 is 8.07 Å². The van der Waals surface area contributed by atoms with Crippen molar-refractivity contribution in [3.8, 4) is 11.5 Å². The maximum Gasteiger partial charge on any atom is 0.163 e. The highest BCUT2D eigenvalue weighted by molar-refractivity contribution is 6.83. The summed E-state index contributed by atoms with van der Waals surface area (Å²) in [5, 5.41) is 9.79. The minimum absolute atomic E-state index is 0.316. The van der Waals surface area contributed by atoms with Gasteiger partial charge in [-0.3, -0.25) is 0 Å². The Morgan fingerprint density at radius 2 is 2.00 bits per heavy atom. The standard InChI is InChI=1S/C11H20O3Si/c1-11(2)13-8-10(14-11)9(12)6-7-15(3,4)5/h9-10,12H,8H2,1-5H3/t9-,10+/m0/s1. The average Bonchev–Trinajstić information content (AvgIpc) is 2.40. The molecule has 1 saturated heterocycles. The van der Waals surface area contributed by atoms with Crippen LogP contribution in [-0.4, -0.2) is 37.8 Å². The van der Waals surface area contributed by atoms with E-state index in [2.05, 4.69) is 31.1 Å². The molecule has 0 aromatic heterocycles. The topological polar surface area (TPSA) is 38.7 Å². The number of aliphatic hydroxyl groups excluding tert-OH is 1. The molecular weight excluding hydrogens is 208 g/mol. The molecule has 1 aliphatic rings. The summed E-state index contributed by atoms with van der Waals surface area (Å²) < 4.78 is 10.9. The molecule has 0 aliphatic carbocycles. The molecule has 4 heteroatoms. The first-order valence-corrected chi connectivity index (χ1v) is 8.72. The largest absolute Gasteiger partial charge is 0.378 e. The van der Waals surface area contributed by atoms with E-state index in [-0.39, 0.29) is 6.10 Å². The van der Waals surface area contributed by atoms with Crippen molar-refractivity contribution in [2.45, 2.75) is 51.5 Å². The van der Waals surface area contributed by atoms with Gasteiger partial charge in [0.1, 0.15) is 20.3 Å². The zero-order valence-corrected chi connectivity index (χ0v) is 11.1. The van der Waals surface area contributed by atoms with Gasteiger partial charge in [0.25, 0.3) is 0 Å². The summed E-state index contributed by atoms with van der Waals surface area (Å²) in [6.07, 6.45) is -1.05. The molecule has 0 radical (unpaired) electrons. The molecule has 1 heterocycles. The molecule has 0 unspecified atom stereocenters. The molecule has 1 rings (SSSR count). The summed E-state index contributed by atoms with van der Waals surface area (Å²) in [5.74, 6) is 2.27. The van der Waals surface area contributed by atoms with Gasteiger partial charge in [0.15, 0.2) is 5.79 Å². The number of hydrogen-bond donors (Lipinski definition) is 1. The predicted octanol–water partition coefficient (Wildman–Crippen LogP) is 1.38. The van der Waals surface area contributed by atoms with Gasteiger partial charge < -0.3 is 14.6 Å². The minimum atomic E-state index is -1.42. The highest BCUT2D eigenvalue weighted by Gasteiger charge is 2.36. The van der Waals surface area contributed by atoms with E-state index in [1.807, 2.05) is 13.8 Å². The molecule has 0 amide bonds. The number of rotatable bonds is 1. The minimum Gasteiger partial charge on any atom is -0.378 e. The van der Waals surface area contributed by atoms with Crippen molar-refractivity contribution in [1.29, 1.82) is 0 Å². The third-order valence-corrected chi connectivity index (χ3v) is 2.87. The van der Waals surface area contributed by atoms with E-state index < -0.39 is 20.0 Å². The quantitative estimate of drug-likeness (QED) is 0.544. The predicted molar refractivity (Wildman–Crippen MR) is 62.0 cm³/mol. The first kappa shape index (κ1) is 12.7. The van der Waals surface area contributed by atoms with Gasteiger partial charge in [0.05, 0.1) is 6.61 Å². The summed E-state index contributed by atoms with van der Waals surface area (Å²) in [6, 6.07) is 0. The molecule has 15 heavy (non-hydrogen) atoms. The van der Waals surface area contributed by atoms with Crippen molar-refractivity contribution < 1.29 is 14.6 Å². The summed E-state index contributed by atoms with van der Waals surface area (Å²) in [7, 11) is -1.42. The fraction of sp³-hybridized carbons (Fsp3) is 0.818. The lowest BCUT2D eigenvalue weighted by Crippen LogP contribution is -2.30. The Labute approximate surface area is 92.8 Å². The molecule has 1 N–H and O–H groups in total. The maximum atomic E-state index is 9.79. The second kappa shape index (κ2) is 4.26. The highest BCUT2D eigenvalue weighted by atomic mass is 28.3. The van der Waals surface area contributed by atoms with Crippen LogP contribution in [0.4, 0.5) is 0 Å². The molecule has 2 atom stereocenters. The number of aliphatic hydroxyl groups is 1. The summed E-state index contributed by atoms with van der Waals surface area (Å²) in [5.41, 5.74) is 3.13. The van der Waals surface area contributed by atoms with Gasteiger partial charge >= 0.3 is 0 Å². The van der Waals surface area contributed by atoms with Crippen LogP contribution in [0, 0.1) is 11.5 Å². The van der Waals surface area contributed by atoms with Crippen LogP contribution >= 0.6 is 0 Å². The van der Waals surface area contributed by atoms with E-state index in [0.717, 1.165) is 0 Å². The Hall–Kier alpha value is -0.343. The first-order chi connectivity index (χ1) is 6.70. The van der Waals surface area contributed by atoms with E-state index >= 15 is 0 Å². The van der Waals surface area contributed by atoms with Gasteiger partial charge in [-0.2, -0.15) is 0 Å². The molecule has 0 aromatic carbocycles. The zero-order chi connectivity index (χ0) is 11.7. The van der Waals surface area contributed by atoms with Crippen molar-refractivity contribution in [2.75, 3.05) is 6.61 Å². The first-order valence-electron chi connectivity index (χ1n) is 5.22. The van der Waals surface area contributed by atoms with Crippen molar-refractivity contribution in [3.63, 3.8) is 0 Å². The van der Waals surface area contributed by atoms with Gasteiger partial charge in [-0.25, -0.2) is 0 Å². The molecule has 3 nitrogen and oxygen atoms in total. The monoisotopic (exact) mass is 228 g/mol. The van der Waals surface area contributed by atoms with E-state index in [1.54, 1.807) is 0 Å². The third-order valence-electron chi connectivity index (χ3n) is 1.98. The molecule has 1 fully saturated rings. The highest BCUT2D eigenvalue weighted by Crippen LogP contribution is 2.23. The van der Waals surface area contributed by atoms with Crippen LogP contribution in [0.5, 0.6) is 0 Å². The average molecular weight is 228 g/mol. The molecular formula is C11H20O3Si. The van der Waals surface area contributed by atoms with Crippen LogP contribution in [-0.2, 0) is 9.47 Å². The van der Waals surface area contributed by atoms with Crippen LogP contribution in [0.2, 0.25) is 19.6 Å². The van der Waals surface area contributed by atoms with Crippen molar-refractivity contribution in [3.05, 3.63) is 0 Å². The van der Waals surface area contributed by atoms with Crippen molar-refractivity contribution in [2.24, 2.45) is 0 Å². The molecule has 1 aliphatic heterocycles. The fourth-order valence-corrected chi connectivity index (χ4v) is 1.84. The van der Waals surface area contributed by atoms with E-state index in [1.165, 1.54) is 0 Å². The Kier molecular flexibility index (Phi) is 3.62. The van der Waals surface area contributed by atoms with Crippen LogP contribution in [0.25, 0.3) is 0 Å². The van der Waals surface area contributed by atoms with Gasteiger partial charge in [0, 0.05) is 0 Å². The molecule has 86 valence electrons. The van der Waals surface area contributed by atoms with Crippen LogP contribution in [0.1, 0.15) is 13.8 Å². The second-order valence-corrected chi connectivity index (χ2v) is 10.1. The number of ether oxygens (including phenoxy) is 2. The molecule has 0 saturated carbocycles. The van der Waals surface area contributed by atoms with E-state index in [0.29, 0.717) is 6.61 Å². The Morgan fingerprint density at radius 1 is 1.40 bits per heavy atom. The SMILES string of the molecule is CC1(C)OC[C@H]([C@@H](O)C#C[Si](C)(C)C)O1. The normalized spacial score (nSPS) is 26.9. The second-order valence-electron chi connectivity index (χ2n) is 5.33. The van der Waals surface area contributed by atoms with E-state index in [4.69, 9.17) is 9.47 Å². The Bertz CT molecular complexity index is 282. The lowest BCUT2D eigenvalue weighted by atomic mass is 10.2. The van der Waals surface area contributed by atoms with Crippen molar-refractivity contribution in [1.82, 2.24) is 0 Å². The van der Waals surface area contributed by atoms with Gasteiger partial charge in [-0.15, -0.1) is 5.54 Å². The molecule has 0 spiro atoms. The Morgan fingerprint density at radius 3 is 2.40 bits per heavy atom. The molecule has 0 aromatic rings. The Balaban J connectivity index is 2.55. The van der Waals surface area contributed by atoms with Crippen LogP contribution < -0.4 is 0 Å². The lowest BCUT2D eigenvalue weighted by molar-refractivity contribution is -0.146. The number of hydrogen-bond acceptors (Lipinski definition) is 3. The van der Waals surface area contributed by atoms with Crippen LogP contribution in [0.15, 0.2) is 0 Å². The van der Waals surface area contributed by atoms with Gasteiger partial charge in [-0.1, -0.05) is 25.6 Å². The van der Waals surface area contributed by atoms with Crippen LogP contribution in [0.3, 0.4) is 0 Å². The fourth-order valence-electron chi connectivity index (χ4n) is 1.25. The van der Waals surface area contributed by atoms with Gasteiger partial charge in [0.2, 0.25) is 0 Å². The summed E-state index contributed by atoms with van der Waals surface area (Å²) in [6.45, 7) is 10.5. The summed E-state index contributed by atoms with van der Waals surface area (Å²) >= 11 is 0. The molecule has 0 bridgehead atoms. The summed E-state index contributed by atoms with van der Waals surface area (Å²) in [4.78, 5) is 0. The van der Waals surface area contributed by atoms with Gasteiger partial charge in [-0.05, 0) is 13.8 Å². The third kappa shape index (κ3) is 4.35. The lowest BCUT2D eigenvalue weighted by Gasteiger charge is -2.18. The van der Waals surface area contributed by atoms with E-state index in [9.17, 15) is 5.11 Å².